The van der Waals surface area contributed by atoms with Crippen molar-refractivity contribution >= 4 is 0 Å². The molecule has 0 aromatic heterocycles. The van der Waals surface area contributed by atoms with Crippen LogP contribution in [0, 0.1) is 0 Å². The monoisotopic (exact) mass is 234 g/mol. The van der Waals surface area contributed by atoms with Crippen molar-refractivity contribution in [2.24, 2.45) is 0 Å². The van der Waals surface area contributed by atoms with Gasteiger partial charge in [0.1, 0.15) is 0 Å². The first-order valence-electron chi connectivity index (χ1n) is 6.61. The van der Waals surface area contributed by atoms with Crippen molar-refractivity contribution < 1.29 is 0 Å². The predicted octanol–water partition coefficient (Wildman–Crippen LogP) is 3.07. The topological polar surface area (TPSA) is 15.3 Å². The fourth-order valence-corrected chi connectivity index (χ4v) is 2.15. The quantitative estimate of drug-likeness (QED) is 0.780. The summed E-state index contributed by atoms with van der Waals surface area (Å²) in [6, 6.07) is 11.7. The minimum absolute atomic E-state index is 0.417. The van der Waals surface area contributed by atoms with Crippen LogP contribution >= 0.6 is 0 Å². The van der Waals surface area contributed by atoms with Gasteiger partial charge in [0.05, 0.1) is 0 Å². The van der Waals surface area contributed by atoms with Gasteiger partial charge in [-0.3, -0.25) is 0 Å². The summed E-state index contributed by atoms with van der Waals surface area (Å²) in [5.74, 6) is 0. The van der Waals surface area contributed by atoms with Crippen LogP contribution in [0.1, 0.15) is 38.3 Å². The van der Waals surface area contributed by atoms with E-state index in [1.165, 1.54) is 18.4 Å². The molecule has 0 aliphatic heterocycles. The van der Waals surface area contributed by atoms with Crippen molar-refractivity contribution in [1.82, 2.24) is 10.2 Å². The smallest absolute Gasteiger partial charge is 0.0446 e. The van der Waals surface area contributed by atoms with Crippen molar-refractivity contribution in [1.29, 1.82) is 0 Å². The number of nitrogens with zero attached hydrogens (tertiary/aromatic N) is 1. The van der Waals surface area contributed by atoms with Crippen LogP contribution < -0.4 is 5.32 Å². The Labute approximate surface area is 106 Å². The molecular weight excluding hydrogens is 208 g/mol. The third-order valence-electron chi connectivity index (χ3n) is 3.48. The van der Waals surface area contributed by atoms with Crippen LogP contribution in [-0.2, 0) is 0 Å². The average Bonchev–Trinajstić information content (AvgIpc) is 2.37. The van der Waals surface area contributed by atoms with E-state index in [1.54, 1.807) is 0 Å². The third kappa shape index (κ3) is 4.49. The fourth-order valence-electron chi connectivity index (χ4n) is 2.15. The number of hydrogen-bond donors (Lipinski definition) is 1. The van der Waals surface area contributed by atoms with Gasteiger partial charge in [0.2, 0.25) is 0 Å². The Morgan fingerprint density at radius 1 is 1.24 bits per heavy atom. The number of likely N-dealkylation sites (N-methyl/N-ethyl adjacent to an activating group) is 2. The Morgan fingerprint density at radius 3 is 2.41 bits per heavy atom. The second kappa shape index (κ2) is 7.46. The van der Waals surface area contributed by atoms with Crippen molar-refractivity contribution in [3.05, 3.63) is 35.9 Å². The molecule has 2 heteroatoms. The maximum absolute atomic E-state index is 3.40. The molecule has 0 heterocycles. The predicted molar refractivity (Wildman–Crippen MR) is 75.2 cm³/mol. The molecule has 96 valence electrons. The molecule has 2 atom stereocenters. The number of nitrogens with one attached hydrogen (secondary N) is 1. The molecule has 0 radical (unpaired) electrons. The highest BCUT2D eigenvalue weighted by molar-refractivity contribution is 5.19. The Hall–Kier alpha value is -0.860. The van der Waals surface area contributed by atoms with Crippen molar-refractivity contribution in [2.45, 2.75) is 38.8 Å². The molecule has 1 N–H and O–H groups in total. The first kappa shape index (κ1) is 14.2. The molecule has 2 nitrogen and oxygen atoms in total. The van der Waals surface area contributed by atoms with E-state index >= 15 is 0 Å². The lowest BCUT2D eigenvalue weighted by molar-refractivity contribution is 0.222. The zero-order valence-corrected chi connectivity index (χ0v) is 11.6. The molecule has 2 unspecified atom stereocenters. The minimum atomic E-state index is 0.417. The Morgan fingerprint density at radius 2 is 1.88 bits per heavy atom. The first-order chi connectivity index (χ1) is 8.19. The Kier molecular flexibility index (Phi) is 6.23. The van der Waals surface area contributed by atoms with Crippen LogP contribution in [0.15, 0.2) is 30.3 Å². The summed E-state index contributed by atoms with van der Waals surface area (Å²) < 4.78 is 0. The van der Waals surface area contributed by atoms with E-state index in [1.807, 2.05) is 7.05 Å². The lowest BCUT2D eigenvalue weighted by atomic mass is 10.1. The zero-order chi connectivity index (χ0) is 12.7. The van der Waals surface area contributed by atoms with Crippen LogP contribution in [0.25, 0.3) is 0 Å². The highest BCUT2D eigenvalue weighted by atomic mass is 15.1. The van der Waals surface area contributed by atoms with E-state index in [2.05, 4.69) is 61.4 Å². The van der Waals surface area contributed by atoms with Gasteiger partial charge in [-0.1, -0.05) is 43.7 Å². The number of rotatable bonds is 7. The van der Waals surface area contributed by atoms with Gasteiger partial charge in [-0.2, -0.15) is 0 Å². The van der Waals surface area contributed by atoms with Gasteiger partial charge >= 0.3 is 0 Å². The highest BCUT2D eigenvalue weighted by Crippen LogP contribution is 2.15. The second-order valence-corrected chi connectivity index (χ2v) is 4.83. The lowest BCUT2D eigenvalue weighted by Gasteiger charge is -2.29. The Bertz CT molecular complexity index is 297. The molecule has 0 bridgehead atoms. The molecule has 0 spiro atoms. The lowest BCUT2D eigenvalue weighted by Crippen LogP contribution is -2.36. The summed E-state index contributed by atoms with van der Waals surface area (Å²) in [6.07, 6.45) is 2.52. The van der Waals surface area contributed by atoms with Gasteiger partial charge in [0.15, 0.2) is 0 Å². The normalized spacial score (nSPS) is 14.9. The maximum Gasteiger partial charge on any atom is 0.0446 e. The SMILES string of the molecule is CCCC(C)N(C)CC(NC)c1ccccc1. The van der Waals surface area contributed by atoms with Crippen LogP contribution in [-0.4, -0.2) is 31.6 Å². The standard InChI is InChI=1S/C15H26N2/c1-5-9-13(2)17(4)12-15(16-3)14-10-7-6-8-11-14/h6-8,10-11,13,15-16H,5,9,12H2,1-4H3. The summed E-state index contributed by atoms with van der Waals surface area (Å²) >= 11 is 0. The number of benzene rings is 1. The largest absolute Gasteiger partial charge is 0.312 e. The molecule has 0 amide bonds. The molecular formula is C15H26N2. The zero-order valence-electron chi connectivity index (χ0n) is 11.6. The van der Waals surface area contributed by atoms with Crippen LogP contribution in [0.2, 0.25) is 0 Å². The highest BCUT2D eigenvalue weighted by Gasteiger charge is 2.15. The molecule has 0 saturated carbocycles. The molecule has 1 aromatic carbocycles. The number of hydrogen-bond acceptors (Lipinski definition) is 2. The van der Waals surface area contributed by atoms with Crippen molar-refractivity contribution in [2.75, 3.05) is 20.6 Å². The summed E-state index contributed by atoms with van der Waals surface area (Å²) in [7, 11) is 4.25. The summed E-state index contributed by atoms with van der Waals surface area (Å²) in [6.45, 7) is 5.61. The van der Waals surface area contributed by atoms with Gasteiger partial charge in [-0.25, -0.2) is 0 Å². The molecule has 0 saturated heterocycles. The van der Waals surface area contributed by atoms with Gasteiger partial charge in [-0.15, -0.1) is 0 Å². The van der Waals surface area contributed by atoms with E-state index in [4.69, 9.17) is 0 Å². The van der Waals surface area contributed by atoms with E-state index in [9.17, 15) is 0 Å². The Balaban J connectivity index is 2.58. The van der Waals surface area contributed by atoms with Gasteiger partial charge in [-0.05, 0) is 33.0 Å². The molecule has 17 heavy (non-hydrogen) atoms. The minimum Gasteiger partial charge on any atom is -0.312 e. The fraction of sp³-hybridized carbons (Fsp3) is 0.600. The van der Waals surface area contributed by atoms with Crippen LogP contribution in [0.4, 0.5) is 0 Å². The maximum atomic E-state index is 3.40. The van der Waals surface area contributed by atoms with Gasteiger partial charge in [0.25, 0.3) is 0 Å². The molecule has 0 fully saturated rings. The molecule has 0 aliphatic carbocycles. The van der Waals surface area contributed by atoms with E-state index in [0.717, 1.165) is 6.54 Å². The molecule has 1 rings (SSSR count). The second-order valence-electron chi connectivity index (χ2n) is 4.83. The molecule has 1 aromatic rings. The van der Waals surface area contributed by atoms with Crippen molar-refractivity contribution in [3.63, 3.8) is 0 Å². The van der Waals surface area contributed by atoms with Crippen LogP contribution in [0.5, 0.6) is 0 Å². The average molecular weight is 234 g/mol. The van der Waals surface area contributed by atoms with E-state index in [0.29, 0.717) is 12.1 Å². The van der Waals surface area contributed by atoms with E-state index in [-0.39, 0.29) is 0 Å². The summed E-state index contributed by atoms with van der Waals surface area (Å²) in [4.78, 5) is 2.44. The third-order valence-corrected chi connectivity index (χ3v) is 3.48. The van der Waals surface area contributed by atoms with Crippen LogP contribution in [0.3, 0.4) is 0 Å². The van der Waals surface area contributed by atoms with Gasteiger partial charge in [0, 0.05) is 18.6 Å². The van der Waals surface area contributed by atoms with Gasteiger partial charge < -0.3 is 10.2 Å². The van der Waals surface area contributed by atoms with Crippen molar-refractivity contribution in [3.8, 4) is 0 Å². The molecule has 0 aliphatic rings. The van der Waals surface area contributed by atoms with E-state index < -0.39 is 0 Å². The first-order valence-corrected chi connectivity index (χ1v) is 6.61. The summed E-state index contributed by atoms with van der Waals surface area (Å²) in [5, 5.41) is 3.40. The summed E-state index contributed by atoms with van der Waals surface area (Å²) in [5.41, 5.74) is 1.37.